The largest absolute Gasteiger partial charge is 0.416 e. The minimum Gasteiger partial charge on any atom is -0.357 e. The van der Waals surface area contributed by atoms with E-state index in [4.69, 9.17) is 0 Å². The molecule has 1 aromatic rings. The van der Waals surface area contributed by atoms with Gasteiger partial charge in [0, 0.05) is 19.6 Å². The summed E-state index contributed by atoms with van der Waals surface area (Å²) in [6, 6.07) is 5.26. The molecule has 0 amide bonds. The quantitative estimate of drug-likeness (QED) is 0.596. The number of rotatable bonds is 7. The number of hydrogen-bond acceptors (Lipinski definition) is 2. The van der Waals surface area contributed by atoms with Crippen LogP contribution in [0.1, 0.15) is 25.0 Å². The summed E-state index contributed by atoms with van der Waals surface area (Å²) in [6.07, 6.45) is -4.33. The van der Waals surface area contributed by atoms with Gasteiger partial charge in [0.1, 0.15) is 0 Å². The first-order valence-electron chi connectivity index (χ1n) is 7.73. The zero-order valence-corrected chi connectivity index (χ0v) is 13.9. The van der Waals surface area contributed by atoms with Crippen molar-refractivity contribution in [2.75, 3.05) is 33.2 Å². The molecule has 0 bridgehead atoms. The summed E-state index contributed by atoms with van der Waals surface area (Å²) in [6.45, 7) is 7.45. The highest BCUT2D eigenvalue weighted by Gasteiger charge is 2.30. The molecule has 0 radical (unpaired) electrons. The molecular formula is C16H25F3N4. The van der Waals surface area contributed by atoms with Crippen LogP contribution in [0.5, 0.6) is 0 Å². The molecule has 4 nitrogen and oxygen atoms in total. The number of guanidine groups is 1. The Morgan fingerprint density at radius 3 is 2.57 bits per heavy atom. The molecule has 0 saturated carbocycles. The van der Waals surface area contributed by atoms with Crippen molar-refractivity contribution < 1.29 is 13.2 Å². The van der Waals surface area contributed by atoms with Crippen LogP contribution < -0.4 is 10.6 Å². The van der Waals surface area contributed by atoms with Gasteiger partial charge < -0.3 is 15.5 Å². The van der Waals surface area contributed by atoms with Gasteiger partial charge in [-0.15, -0.1) is 0 Å². The van der Waals surface area contributed by atoms with E-state index in [2.05, 4.69) is 27.4 Å². The van der Waals surface area contributed by atoms with Gasteiger partial charge in [-0.05, 0) is 38.2 Å². The van der Waals surface area contributed by atoms with E-state index in [0.717, 1.165) is 31.8 Å². The highest BCUT2D eigenvalue weighted by molar-refractivity contribution is 5.79. The fraction of sp³-hybridized carbons (Fsp3) is 0.562. The monoisotopic (exact) mass is 330 g/mol. The second kappa shape index (κ2) is 9.39. The molecule has 1 rings (SSSR count). The van der Waals surface area contributed by atoms with Crippen LogP contribution in [0.4, 0.5) is 13.2 Å². The third-order valence-corrected chi connectivity index (χ3v) is 3.34. The summed E-state index contributed by atoms with van der Waals surface area (Å²) in [5.41, 5.74) is -0.115. The van der Waals surface area contributed by atoms with E-state index in [1.54, 1.807) is 6.07 Å². The van der Waals surface area contributed by atoms with Gasteiger partial charge in [-0.25, -0.2) is 4.99 Å². The number of benzene rings is 1. The van der Waals surface area contributed by atoms with Gasteiger partial charge in [-0.1, -0.05) is 19.1 Å². The molecule has 0 aromatic heterocycles. The van der Waals surface area contributed by atoms with Crippen molar-refractivity contribution in [2.45, 2.75) is 26.6 Å². The Balaban J connectivity index is 2.66. The van der Waals surface area contributed by atoms with E-state index >= 15 is 0 Å². The van der Waals surface area contributed by atoms with Crippen LogP contribution in [-0.4, -0.2) is 44.1 Å². The summed E-state index contributed by atoms with van der Waals surface area (Å²) in [5, 5.41) is 6.26. The van der Waals surface area contributed by atoms with Crippen molar-refractivity contribution in [1.82, 2.24) is 15.5 Å². The molecule has 0 heterocycles. The van der Waals surface area contributed by atoms with Gasteiger partial charge in [0.15, 0.2) is 5.96 Å². The summed E-state index contributed by atoms with van der Waals surface area (Å²) in [5.74, 6) is 0.606. The van der Waals surface area contributed by atoms with E-state index in [-0.39, 0.29) is 6.54 Å². The maximum absolute atomic E-state index is 12.7. The maximum atomic E-state index is 12.7. The highest BCUT2D eigenvalue weighted by atomic mass is 19.4. The van der Waals surface area contributed by atoms with Gasteiger partial charge >= 0.3 is 6.18 Å². The maximum Gasteiger partial charge on any atom is 0.416 e. The average Bonchev–Trinajstić information content (AvgIpc) is 2.51. The lowest BCUT2D eigenvalue weighted by molar-refractivity contribution is -0.137. The Morgan fingerprint density at radius 2 is 1.96 bits per heavy atom. The van der Waals surface area contributed by atoms with Gasteiger partial charge in [-0.2, -0.15) is 13.2 Å². The zero-order chi connectivity index (χ0) is 17.3. The van der Waals surface area contributed by atoms with Crippen LogP contribution in [0.3, 0.4) is 0 Å². The lowest BCUT2D eigenvalue weighted by Gasteiger charge is -2.16. The number of likely N-dealkylation sites (N-methyl/N-ethyl adjacent to an activating group) is 1. The molecule has 0 spiro atoms. The van der Waals surface area contributed by atoms with Crippen molar-refractivity contribution >= 4 is 5.96 Å². The lowest BCUT2D eigenvalue weighted by atomic mass is 10.1. The van der Waals surface area contributed by atoms with E-state index in [1.807, 2.05) is 14.0 Å². The Hall–Kier alpha value is -1.76. The summed E-state index contributed by atoms with van der Waals surface area (Å²) >= 11 is 0. The predicted molar refractivity (Wildman–Crippen MR) is 87.4 cm³/mol. The molecule has 7 heteroatoms. The first kappa shape index (κ1) is 19.3. The van der Waals surface area contributed by atoms with Gasteiger partial charge in [0.25, 0.3) is 0 Å². The number of nitrogens with zero attached hydrogens (tertiary/aromatic N) is 2. The molecule has 2 N–H and O–H groups in total. The number of aliphatic imine (C=N–C) groups is 1. The molecule has 0 aliphatic heterocycles. The molecule has 0 unspecified atom stereocenters. The topological polar surface area (TPSA) is 39.7 Å². The standard InChI is InChI=1S/C16H25F3N4/c1-4-20-15(21-9-10-23(3)5-2)22-12-13-7-6-8-14(11-13)16(17,18)19/h6-8,11H,4-5,9-10,12H2,1-3H3,(H2,20,21,22). The van der Waals surface area contributed by atoms with Crippen molar-refractivity contribution in [2.24, 2.45) is 4.99 Å². The predicted octanol–water partition coefficient (Wildman–Crippen LogP) is 2.71. The minimum atomic E-state index is -4.33. The Kier molecular flexibility index (Phi) is 7.88. The first-order valence-corrected chi connectivity index (χ1v) is 7.73. The molecule has 0 fully saturated rings. The lowest BCUT2D eigenvalue weighted by Crippen LogP contribution is -2.40. The smallest absolute Gasteiger partial charge is 0.357 e. The molecule has 1 aromatic carbocycles. The highest BCUT2D eigenvalue weighted by Crippen LogP contribution is 2.29. The molecule has 0 atom stereocenters. The van der Waals surface area contributed by atoms with E-state index < -0.39 is 11.7 Å². The zero-order valence-electron chi connectivity index (χ0n) is 13.9. The molecule has 23 heavy (non-hydrogen) atoms. The van der Waals surface area contributed by atoms with Crippen LogP contribution in [-0.2, 0) is 12.7 Å². The van der Waals surface area contributed by atoms with Crippen LogP contribution in [0, 0.1) is 0 Å². The third-order valence-electron chi connectivity index (χ3n) is 3.34. The second-order valence-corrected chi connectivity index (χ2v) is 5.22. The number of alkyl halides is 3. The van der Waals surface area contributed by atoms with Crippen molar-refractivity contribution in [1.29, 1.82) is 0 Å². The minimum absolute atomic E-state index is 0.197. The summed E-state index contributed by atoms with van der Waals surface area (Å²) in [4.78, 5) is 6.49. The second-order valence-electron chi connectivity index (χ2n) is 5.22. The molecular weight excluding hydrogens is 305 g/mol. The van der Waals surface area contributed by atoms with Gasteiger partial charge in [-0.3, -0.25) is 0 Å². The fourth-order valence-electron chi connectivity index (χ4n) is 1.88. The van der Waals surface area contributed by atoms with Crippen LogP contribution in [0.15, 0.2) is 29.3 Å². The number of hydrogen-bond donors (Lipinski definition) is 2. The normalized spacial score (nSPS) is 12.6. The van der Waals surface area contributed by atoms with Crippen LogP contribution >= 0.6 is 0 Å². The molecule has 0 saturated heterocycles. The number of halogens is 3. The molecule has 0 aliphatic rings. The number of nitrogens with one attached hydrogen (secondary N) is 2. The Morgan fingerprint density at radius 1 is 1.22 bits per heavy atom. The Bertz CT molecular complexity index is 500. The molecule has 130 valence electrons. The molecule has 0 aliphatic carbocycles. The fourth-order valence-corrected chi connectivity index (χ4v) is 1.88. The van der Waals surface area contributed by atoms with Gasteiger partial charge in [0.2, 0.25) is 0 Å². The van der Waals surface area contributed by atoms with E-state index in [0.29, 0.717) is 18.1 Å². The van der Waals surface area contributed by atoms with Crippen molar-refractivity contribution in [3.63, 3.8) is 0 Å². The van der Waals surface area contributed by atoms with Crippen molar-refractivity contribution in [3.05, 3.63) is 35.4 Å². The summed E-state index contributed by atoms with van der Waals surface area (Å²) in [7, 11) is 2.02. The van der Waals surface area contributed by atoms with Gasteiger partial charge in [0.05, 0.1) is 12.1 Å². The Labute approximate surface area is 135 Å². The SMILES string of the molecule is CCNC(=NCc1cccc(C(F)(F)F)c1)NCCN(C)CC. The van der Waals surface area contributed by atoms with Crippen molar-refractivity contribution in [3.8, 4) is 0 Å². The third kappa shape index (κ3) is 7.36. The first-order chi connectivity index (χ1) is 10.9. The van der Waals surface area contributed by atoms with E-state index in [1.165, 1.54) is 6.07 Å². The average molecular weight is 330 g/mol. The van der Waals surface area contributed by atoms with E-state index in [9.17, 15) is 13.2 Å². The van der Waals surface area contributed by atoms with Crippen LogP contribution in [0.2, 0.25) is 0 Å². The van der Waals surface area contributed by atoms with Crippen LogP contribution in [0.25, 0.3) is 0 Å². The summed E-state index contributed by atoms with van der Waals surface area (Å²) < 4.78 is 38.1.